The van der Waals surface area contributed by atoms with Gasteiger partial charge in [-0.2, -0.15) is 0 Å². The molecule has 1 aromatic heterocycles. The molecule has 0 unspecified atom stereocenters. The first kappa shape index (κ1) is 17.4. The molecule has 114 valence electrons. The van der Waals surface area contributed by atoms with Gasteiger partial charge in [0.15, 0.2) is 5.13 Å². The van der Waals surface area contributed by atoms with Crippen LogP contribution in [0.5, 0.6) is 0 Å². The standard InChI is InChI=1S/C13H21N3O2S.ClH/c1-9(2)10-7-19-12(15-10)16-11(17)13(8-14)3-5-18-6-4-13;/h7,9H,3-6,8,14H2,1-2H3,(H,15,16,17);1H. The fourth-order valence-corrected chi connectivity index (χ4v) is 2.99. The Bertz CT molecular complexity index is 445. The van der Waals surface area contributed by atoms with Crippen molar-refractivity contribution >= 4 is 34.8 Å². The molecule has 0 bridgehead atoms. The lowest BCUT2D eigenvalue weighted by atomic mass is 9.79. The molecule has 1 fully saturated rings. The predicted molar refractivity (Wildman–Crippen MR) is 83.6 cm³/mol. The second-order valence-corrected chi connectivity index (χ2v) is 6.14. The number of carbonyl (C=O) groups excluding carboxylic acids is 1. The van der Waals surface area contributed by atoms with E-state index in [2.05, 4.69) is 24.1 Å². The molecule has 0 spiro atoms. The third-order valence-electron chi connectivity index (χ3n) is 3.66. The van der Waals surface area contributed by atoms with E-state index in [1.165, 1.54) is 11.3 Å². The molecule has 0 aliphatic carbocycles. The Morgan fingerprint density at radius 1 is 1.55 bits per heavy atom. The lowest BCUT2D eigenvalue weighted by molar-refractivity contribution is -0.130. The van der Waals surface area contributed by atoms with Gasteiger partial charge in [0.25, 0.3) is 0 Å². The maximum Gasteiger partial charge on any atom is 0.233 e. The normalized spacial score (nSPS) is 17.6. The molecule has 3 N–H and O–H groups in total. The molecule has 1 aliphatic heterocycles. The molecule has 1 aliphatic rings. The summed E-state index contributed by atoms with van der Waals surface area (Å²) in [4.78, 5) is 16.8. The smallest absolute Gasteiger partial charge is 0.233 e. The second-order valence-electron chi connectivity index (χ2n) is 5.28. The molecule has 0 atom stereocenters. The Balaban J connectivity index is 0.00000200. The van der Waals surface area contributed by atoms with Gasteiger partial charge in [-0.05, 0) is 18.8 Å². The van der Waals surface area contributed by atoms with Gasteiger partial charge in [-0.3, -0.25) is 4.79 Å². The minimum Gasteiger partial charge on any atom is -0.381 e. The highest BCUT2D eigenvalue weighted by Gasteiger charge is 2.39. The van der Waals surface area contributed by atoms with E-state index < -0.39 is 5.41 Å². The van der Waals surface area contributed by atoms with Gasteiger partial charge in [0, 0.05) is 25.1 Å². The first-order chi connectivity index (χ1) is 9.07. The lowest BCUT2D eigenvalue weighted by Crippen LogP contribution is -2.46. The fourth-order valence-electron chi connectivity index (χ4n) is 2.12. The SMILES string of the molecule is CC(C)c1csc(NC(=O)C2(CN)CCOCC2)n1.Cl. The van der Waals surface area contributed by atoms with Crippen molar-refractivity contribution in [2.24, 2.45) is 11.1 Å². The van der Waals surface area contributed by atoms with Crippen LogP contribution in [0.25, 0.3) is 0 Å². The van der Waals surface area contributed by atoms with E-state index in [0.717, 1.165) is 5.69 Å². The number of carbonyl (C=O) groups is 1. The van der Waals surface area contributed by atoms with Crippen LogP contribution < -0.4 is 11.1 Å². The molecule has 7 heteroatoms. The van der Waals surface area contributed by atoms with E-state index in [9.17, 15) is 4.79 Å². The van der Waals surface area contributed by atoms with Gasteiger partial charge in [-0.1, -0.05) is 13.8 Å². The summed E-state index contributed by atoms with van der Waals surface area (Å²) in [7, 11) is 0. The van der Waals surface area contributed by atoms with Gasteiger partial charge in [-0.25, -0.2) is 4.98 Å². The average molecular weight is 320 g/mol. The topological polar surface area (TPSA) is 77.2 Å². The average Bonchev–Trinajstić information content (AvgIpc) is 2.88. The molecular formula is C13H22ClN3O2S. The molecule has 1 amide bonds. The van der Waals surface area contributed by atoms with E-state index in [0.29, 0.717) is 43.6 Å². The highest BCUT2D eigenvalue weighted by Crippen LogP contribution is 2.31. The first-order valence-electron chi connectivity index (χ1n) is 6.62. The summed E-state index contributed by atoms with van der Waals surface area (Å²) < 4.78 is 5.31. The van der Waals surface area contributed by atoms with Gasteiger partial charge < -0.3 is 15.8 Å². The van der Waals surface area contributed by atoms with Gasteiger partial charge in [0.05, 0.1) is 11.1 Å². The number of nitrogens with two attached hydrogens (primary N) is 1. The van der Waals surface area contributed by atoms with E-state index in [4.69, 9.17) is 10.5 Å². The number of nitrogens with zero attached hydrogens (tertiary/aromatic N) is 1. The van der Waals surface area contributed by atoms with Crippen molar-refractivity contribution in [1.29, 1.82) is 0 Å². The largest absolute Gasteiger partial charge is 0.381 e. The molecule has 0 radical (unpaired) electrons. The number of thiazole rings is 1. The van der Waals surface area contributed by atoms with E-state index >= 15 is 0 Å². The zero-order valence-electron chi connectivity index (χ0n) is 11.8. The van der Waals surface area contributed by atoms with Crippen LogP contribution in [0.15, 0.2) is 5.38 Å². The molecule has 1 aromatic rings. The van der Waals surface area contributed by atoms with Crippen LogP contribution in [0.2, 0.25) is 0 Å². The molecular weight excluding hydrogens is 298 g/mol. The number of aromatic nitrogens is 1. The second kappa shape index (κ2) is 7.36. The summed E-state index contributed by atoms with van der Waals surface area (Å²) in [6, 6.07) is 0. The monoisotopic (exact) mass is 319 g/mol. The van der Waals surface area contributed by atoms with Crippen molar-refractivity contribution in [2.45, 2.75) is 32.6 Å². The van der Waals surface area contributed by atoms with Crippen LogP contribution >= 0.6 is 23.7 Å². The molecule has 0 saturated carbocycles. The lowest BCUT2D eigenvalue weighted by Gasteiger charge is -2.34. The van der Waals surface area contributed by atoms with Crippen molar-refractivity contribution in [3.05, 3.63) is 11.1 Å². The third kappa shape index (κ3) is 3.69. The van der Waals surface area contributed by atoms with Crippen molar-refractivity contribution in [3.8, 4) is 0 Å². The van der Waals surface area contributed by atoms with Gasteiger partial charge in [0.1, 0.15) is 0 Å². The Hall–Kier alpha value is -0.690. The highest BCUT2D eigenvalue weighted by atomic mass is 35.5. The fraction of sp³-hybridized carbons (Fsp3) is 0.692. The molecule has 2 heterocycles. The van der Waals surface area contributed by atoms with Crippen molar-refractivity contribution in [2.75, 3.05) is 25.1 Å². The van der Waals surface area contributed by atoms with Gasteiger partial charge in [0.2, 0.25) is 5.91 Å². The predicted octanol–water partition coefficient (Wildman–Crippen LogP) is 2.38. The maximum atomic E-state index is 12.4. The summed E-state index contributed by atoms with van der Waals surface area (Å²) in [5.74, 6) is 0.344. The molecule has 2 rings (SSSR count). The number of amides is 1. The number of hydrogen-bond acceptors (Lipinski definition) is 5. The summed E-state index contributed by atoms with van der Waals surface area (Å²) in [5.41, 5.74) is 6.32. The zero-order chi connectivity index (χ0) is 13.9. The minimum absolute atomic E-state index is 0. The summed E-state index contributed by atoms with van der Waals surface area (Å²) >= 11 is 1.46. The number of anilines is 1. The number of rotatable bonds is 4. The highest BCUT2D eigenvalue weighted by molar-refractivity contribution is 7.13. The molecule has 0 aromatic carbocycles. The molecule has 1 saturated heterocycles. The van der Waals surface area contributed by atoms with Crippen molar-refractivity contribution in [1.82, 2.24) is 4.98 Å². The zero-order valence-corrected chi connectivity index (χ0v) is 13.5. The van der Waals surface area contributed by atoms with E-state index in [1.54, 1.807) is 0 Å². The van der Waals surface area contributed by atoms with Crippen molar-refractivity contribution in [3.63, 3.8) is 0 Å². The molecule has 5 nitrogen and oxygen atoms in total. The van der Waals surface area contributed by atoms with Crippen LogP contribution in [-0.2, 0) is 9.53 Å². The Kier molecular flexibility index (Phi) is 6.39. The number of hydrogen-bond donors (Lipinski definition) is 2. The first-order valence-corrected chi connectivity index (χ1v) is 7.50. The van der Waals surface area contributed by atoms with Crippen LogP contribution in [0, 0.1) is 5.41 Å². The van der Waals surface area contributed by atoms with Crippen molar-refractivity contribution < 1.29 is 9.53 Å². The quantitative estimate of drug-likeness (QED) is 0.893. The van der Waals surface area contributed by atoms with E-state index in [-0.39, 0.29) is 18.3 Å². The number of halogens is 1. The summed E-state index contributed by atoms with van der Waals surface area (Å²) in [6.07, 6.45) is 1.36. The maximum absolute atomic E-state index is 12.4. The van der Waals surface area contributed by atoms with Gasteiger partial charge >= 0.3 is 0 Å². The van der Waals surface area contributed by atoms with Crippen LogP contribution in [0.1, 0.15) is 38.3 Å². The minimum atomic E-state index is -0.498. The Labute approximate surface area is 129 Å². The summed E-state index contributed by atoms with van der Waals surface area (Å²) in [5, 5.41) is 5.56. The number of ether oxygens (including phenoxy) is 1. The van der Waals surface area contributed by atoms with Crippen LogP contribution in [0.4, 0.5) is 5.13 Å². The molecule has 20 heavy (non-hydrogen) atoms. The summed E-state index contributed by atoms with van der Waals surface area (Å²) in [6.45, 7) is 5.71. The van der Waals surface area contributed by atoms with Crippen LogP contribution in [-0.4, -0.2) is 30.6 Å². The number of nitrogens with one attached hydrogen (secondary N) is 1. The third-order valence-corrected chi connectivity index (χ3v) is 4.43. The van der Waals surface area contributed by atoms with Gasteiger partial charge in [-0.15, -0.1) is 23.7 Å². The van der Waals surface area contributed by atoms with Crippen LogP contribution in [0.3, 0.4) is 0 Å². The Morgan fingerprint density at radius 3 is 2.70 bits per heavy atom. The van der Waals surface area contributed by atoms with E-state index in [1.807, 2.05) is 5.38 Å². The Morgan fingerprint density at radius 2 is 2.20 bits per heavy atom.